The molecule has 8 nitrogen and oxygen atoms in total. The summed E-state index contributed by atoms with van der Waals surface area (Å²) in [4.78, 5) is 34.6. The molecule has 0 unspecified atom stereocenters. The summed E-state index contributed by atoms with van der Waals surface area (Å²) in [6, 6.07) is 16.1. The first-order chi connectivity index (χ1) is 13.9. The number of benzene rings is 2. The molecule has 3 aromatic rings. The van der Waals surface area contributed by atoms with Gasteiger partial charge < -0.3 is 5.32 Å². The summed E-state index contributed by atoms with van der Waals surface area (Å²) in [7, 11) is 0. The van der Waals surface area contributed by atoms with Gasteiger partial charge in [0.15, 0.2) is 0 Å². The van der Waals surface area contributed by atoms with E-state index in [0.717, 1.165) is 5.56 Å². The van der Waals surface area contributed by atoms with E-state index >= 15 is 0 Å². The summed E-state index contributed by atoms with van der Waals surface area (Å²) in [5.74, 6) is -0.374. The van der Waals surface area contributed by atoms with Crippen LogP contribution in [-0.2, 0) is 11.3 Å². The van der Waals surface area contributed by atoms with Gasteiger partial charge in [-0.3, -0.25) is 19.7 Å². The number of nitro benzene ring substituents is 1. The van der Waals surface area contributed by atoms with Crippen molar-refractivity contribution in [2.75, 3.05) is 5.32 Å². The average Bonchev–Trinajstić information content (AvgIpc) is 2.70. The highest BCUT2D eigenvalue weighted by atomic mass is 35.5. The van der Waals surface area contributed by atoms with E-state index in [1.54, 1.807) is 36.4 Å². The highest BCUT2D eigenvalue weighted by Gasteiger charge is 2.14. The van der Waals surface area contributed by atoms with Crippen LogP contribution in [0.2, 0.25) is 5.02 Å². The van der Waals surface area contributed by atoms with Gasteiger partial charge in [-0.05, 0) is 30.7 Å². The molecule has 0 aliphatic carbocycles. The number of carbonyl (C=O) groups excluding carboxylic acids is 1. The fraction of sp³-hybridized carbons (Fsp3) is 0.150. The lowest BCUT2D eigenvalue weighted by atomic mass is 10.1. The van der Waals surface area contributed by atoms with E-state index in [4.69, 9.17) is 11.6 Å². The van der Waals surface area contributed by atoms with Crippen molar-refractivity contribution < 1.29 is 9.72 Å². The molecule has 0 radical (unpaired) electrons. The van der Waals surface area contributed by atoms with Crippen molar-refractivity contribution in [3.63, 3.8) is 0 Å². The second-order valence-corrected chi connectivity index (χ2v) is 6.65. The SMILES string of the molecule is O=C(CCCn1nc(-c2ccc(Cl)cc2)ccc1=O)Nc1ccccc1[N+](=O)[O-]. The lowest BCUT2D eigenvalue weighted by Gasteiger charge is -2.08. The predicted molar refractivity (Wildman–Crippen MR) is 110 cm³/mol. The van der Waals surface area contributed by atoms with Crippen LogP contribution in [0.25, 0.3) is 11.3 Å². The van der Waals surface area contributed by atoms with Gasteiger partial charge in [0, 0.05) is 35.7 Å². The summed E-state index contributed by atoms with van der Waals surface area (Å²) >= 11 is 5.89. The number of carbonyl (C=O) groups is 1. The normalized spacial score (nSPS) is 10.5. The summed E-state index contributed by atoms with van der Waals surface area (Å²) in [5.41, 5.74) is 1.13. The number of nitrogens with zero attached hydrogens (tertiary/aromatic N) is 3. The molecule has 1 amide bonds. The Morgan fingerprint density at radius 1 is 1.10 bits per heavy atom. The van der Waals surface area contributed by atoms with E-state index in [9.17, 15) is 19.7 Å². The maximum Gasteiger partial charge on any atom is 0.292 e. The van der Waals surface area contributed by atoms with Crippen LogP contribution in [0.1, 0.15) is 12.8 Å². The Morgan fingerprint density at radius 3 is 2.55 bits per heavy atom. The highest BCUT2D eigenvalue weighted by molar-refractivity contribution is 6.30. The molecule has 0 aliphatic rings. The van der Waals surface area contributed by atoms with Crippen molar-refractivity contribution in [3.05, 3.63) is 86.2 Å². The van der Waals surface area contributed by atoms with E-state index in [0.29, 0.717) is 17.1 Å². The Morgan fingerprint density at radius 2 is 1.83 bits per heavy atom. The lowest BCUT2D eigenvalue weighted by molar-refractivity contribution is -0.383. The number of hydrogen-bond donors (Lipinski definition) is 1. The van der Waals surface area contributed by atoms with Crippen molar-refractivity contribution in [1.29, 1.82) is 0 Å². The summed E-state index contributed by atoms with van der Waals surface area (Å²) in [6.07, 6.45) is 0.439. The van der Waals surface area contributed by atoms with Gasteiger partial charge in [0.25, 0.3) is 11.2 Å². The number of hydrogen-bond acceptors (Lipinski definition) is 5. The molecule has 0 aliphatic heterocycles. The number of anilines is 1. The maximum absolute atomic E-state index is 12.1. The molecule has 2 aromatic carbocycles. The van der Waals surface area contributed by atoms with Crippen LogP contribution >= 0.6 is 11.6 Å². The molecule has 3 rings (SSSR count). The maximum atomic E-state index is 12.1. The zero-order valence-electron chi connectivity index (χ0n) is 15.2. The van der Waals surface area contributed by atoms with Gasteiger partial charge in [-0.15, -0.1) is 0 Å². The molecule has 0 bridgehead atoms. The molecular formula is C20H17ClN4O4. The third kappa shape index (κ3) is 5.26. The zero-order valence-corrected chi connectivity index (χ0v) is 16.0. The minimum atomic E-state index is -0.554. The van der Waals surface area contributed by atoms with Crippen LogP contribution in [0.4, 0.5) is 11.4 Å². The van der Waals surface area contributed by atoms with Crippen molar-refractivity contribution in [2.45, 2.75) is 19.4 Å². The van der Waals surface area contributed by atoms with Gasteiger partial charge in [-0.25, -0.2) is 4.68 Å². The molecule has 1 heterocycles. The van der Waals surface area contributed by atoms with Gasteiger partial charge >= 0.3 is 0 Å². The van der Waals surface area contributed by atoms with E-state index in [1.165, 1.54) is 28.9 Å². The monoisotopic (exact) mass is 412 g/mol. The minimum absolute atomic E-state index is 0.0886. The van der Waals surface area contributed by atoms with E-state index in [-0.39, 0.29) is 35.8 Å². The predicted octanol–water partition coefficient (Wildman–Crippen LogP) is 3.89. The van der Waals surface area contributed by atoms with Gasteiger partial charge in [-0.1, -0.05) is 35.9 Å². The number of amides is 1. The van der Waals surface area contributed by atoms with Crippen LogP contribution in [0.15, 0.2) is 65.5 Å². The molecule has 0 fully saturated rings. The fourth-order valence-corrected chi connectivity index (χ4v) is 2.85. The van der Waals surface area contributed by atoms with Gasteiger partial charge in [0.05, 0.1) is 10.6 Å². The smallest absolute Gasteiger partial charge is 0.292 e. The Kier molecular flexibility index (Phi) is 6.36. The number of aryl methyl sites for hydroxylation is 1. The molecule has 0 saturated heterocycles. The number of para-hydroxylation sites is 2. The van der Waals surface area contributed by atoms with Gasteiger partial charge in [0.2, 0.25) is 5.91 Å². The molecule has 148 valence electrons. The molecule has 1 aromatic heterocycles. The van der Waals surface area contributed by atoms with E-state index < -0.39 is 4.92 Å². The largest absolute Gasteiger partial charge is 0.320 e. The number of nitrogens with one attached hydrogen (secondary N) is 1. The highest BCUT2D eigenvalue weighted by Crippen LogP contribution is 2.23. The number of rotatable bonds is 7. The van der Waals surface area contributed by atoms with Crippen LogP contribution in [0.5, 0.6) is 0 Å². The molecule has 9 heteroatoms. The Hall–Kier alpha value is -3.52. The first-order valence-electron chi connectivity index (χ1n) is 8.81. The zero-order chi connectivity index (χ0) is 20.8. The number of halogens is 1. The fourth-order valence-electron chi connectivity index (χ4n) is 2.72. The van der Waals surface area contributed by atoms with Crippen molar-refractivity contribution >= 4 is 28.9 Å². The quantitative estimate of drug-likeness (QED) is 0.468. The second kappa shape index (κ2) is 9.11. The van der Waals surface area contributed by atoms with Crippen molar-refractivity contribution in [2.24, 2.45) is 0 Å². The Bertz CT molecular complexity index is 1100. The van der Waals surface area contributed by atoms with Crippen LogP contribution in [-0.4, -0.2) is 20.6 Å². The van der Waals surface area contributed by atoms with Crippen LogP contribution in [0, 0.1) is 10.1 Å². The minimum Gasteiger partial charge on any atom is -0.320 e. The van der Waals surface area contributed by atoms with Gasteiger partial charge in [0.1, 0.15) is 5.69 Å². The van der Waals surface area contributed by atoms with Crippen LogP contribution < -0.4 is 10.9 Å². The lowest BCUT2D eigenvalue weighted by Crippen LogP contribution is -2.23. The molecule has 0 saturated carbocycles. The van der Waals surface area contributed by atoms with Crippen molar-refractivity contribution in [3.8, 4) is 11.3 Å². The summed E-state index contributed by atoms with van der Waals surface area (Å²) in [6.45, 7) is 0.241. The van der Waals surface area contributed by atoms with Crippen molar-refractivity contribution in [1.82, 2.24) is 9.78 Å². The first kappa shape index (κ1) is 20.2. The Labute approximate surface area is 170 Å². The van der Waals surface area contributed by atoms with E-state index in [1.807, 2.05) is 0 Å². The third-order valence-corrected chi connectivity index (χ3v) is 4.41. The average molecular weight is 413 g/mol. The van der Waals surface area contributed by atoms with Crippen LogP contribution in [0.3, 0.4) is 0 Å². The third-order valence-electron chi connectivity index (χ3n) is 4.16. The molecule has 29 heavy (non-hydrogen) atoms. The topological polar surface area (TPSA) is 107 Å². The molecular weight excluding hydrogens is 396 g/mol. The molecule has 0 atom stereocenters. The Balaban J connectivity index is 1.62. The van der Waals surface area contributed by atoms with Gasteiger partial charge in [-0.2, -0.15) is 5.10 Å². The number of aromatic nitrogens is 2. The summed E-state index contributed by atoms with van der Waals surface area (Å²) < 4.78 is 1.29. The van der Waals surface area contributed by atoms with E-state index in [2.05, 4.69) is 10.4 Å². The number of nitro groups is 1. The molecule has 1 N–H and O–H groups in total. The summed E-state index contributed by atoms with van der Waals surface area (Å²) in [5, 5.41) is 18.5. The second-order valence-electron chi connectivity index (χ2n) is 6.21. The standard InChI is InChI=1S/C20H17ClN4O4/c21-15-9-7-14(8-10-15)16-11-12-20(27)24(23-16)13-3-6-19(26)22-17-4-1-2-5-18(17)25(28)29/h1-2,4-5,7-12H,3,6,13H2,(H,22,26). The molecule has 0 spiro atoms. The first-order valence-corrected chi connectivity index (χ1v) is 9.19.